The molecule has 1 amide bonds. The van der Waals surface area contributed by atoms with E-state index in [4.69, 9.17) is 4.74 Å². The van der Waals surface area contributed by atoms with Gasteiger partial charge in [-0.25, -0.2) is 18.1 Å². The van der Waals surface area contributed by atoms with E-state index in [2.05, 4.69) is 15.0 Å². The number of nitrogens with zero attached hydrogens (tertiary/aromatic N) is 2. The average molecular weight is 414 g/mol. The molecule has 0 unspecified atom stereocenters. The number of aromatic nitrogens is 2. The third-order valence-electron chi connectivity index (χ3n) is 4.47. The zero-order valence-electron chi connectivity index (χ0n) is 16.3. The maximum atomic E-state index is 12.6. The minimum atomic E-state index is -3.77. The van der Waals surface area contributed by atoms with Gasteiger partial charge < -0.3 is 14.6 Å². The Kier molecular flexibility index (Phi) is 6.00. The standard InChI is InChI=1S/C20H22N4O4S/c1-14-22-10-11-24(14)13-15-4-7-17(8-5-15)23-20(25)16-6-9-18(28-3)19(12-16)29(26,27)21-2/h4-12,21H,13H2,1-3H3,(H,23,25). The normalized spacial score (nSPS) is 11.3. The number of anilines is 1. The average Bonchev–Trinajstić information content (AvgIpc) is 3.13. The molecule has 3 aromatic rings. The SMILES string of the molecule is CNS(=O)(=O)c1cc(C(=O)Nc2ccc(Cn3ccnc3C)cc2)ccc1OC. The van der Waals surface area contributed by atoms with Crippen molar-refractivity contribution >= 4 is 21.6 Å². The number of nitrogens with one attached hydrogen (secondary N) is 2. The Morgan fingerprint density at radius 3 is 2.48 bits per heavy atom. The number of ether oxygens (including phenoxy) is 1. The zero-order valence-corrected chi connectivity index (χ0v) is 17.2. The van der Waals surface area contributed by atoms with Crippen molar-refractivity contribution in [3.8, 4) is 5.75 Å². The van der Waals surface area contributed by atoms with Gasteiger partial charge in [-0.05, 0) is 49.9 Å². The van der Waals surface area contributed by atoms with Gasteiger partial charge in [0.2, 0.25) is 10.0 Å². The van der Waals surface area contributed by atoms with E-state index in [1.807, 2.05) is 29.8 Å². The first-order chi connectivity index (χ1) is 13.8. The fraction of sp³-hybridized carbons (Fsp3) is 0.200. The van der Waals surface area contributed by atoms with Crippen LogP contribution in [0.4, 0.5) is 5.69 Å². The molecule has 2 N–H and O–H groups in total. The van der Waals surface area contributed by atoms with E-state index in [0.717, 1.165) is 11.4 Å². The van der Waals surface area contributed by atoms with E-state index >= 15 is 0 Å². The van der Waals surface area contributed by atoms with Gasteiger partial charge >= 0.3 is 0 Å². The quantitative estimate of drug-likeness (QED) is 0.618. The summed E-state index contributed by atoms with van der Waals surface area (Å²) in [5, 5.41) is 2.78. The zero-order chi connectivity index (χ0) is 21.0. The molecule has 0 aliphatic carbocycles. The van der Waals surface area contributed by atoms with E-state index in [1.165, 1.54) is 32.4 Å². The monoisotopic (exact) mass is 414 g/mol. The Morgan fingerprint density at radius 1 is 1.17 bits per heavy atom. The number of methoxy groups -OCH3 is 1. The highest BCUT2D eigenvalue weighted by molar-refractivity contribution is 7.89. The molecule has 1 aromatic heterocycles. The minimum absolute atomic E-state index is 0.0961. The van der Waals surface area contributed by atoms with Gasteiger partial charge in [0.25, 0.3) is 5.91 Å². The van der Waals surface area contributed by atoms with Crippen LogP contribution in [0.15, 0.2) is 59.8 Å². The van der Waals surface area contributed by atoms with Crippen molar-refractivity contribution in [2.75, 3.05) is 19.5 Å². The Bertz CT molecular complexity index is 1120. The Labute approximate surface area is 169 Å². The number of rotatable bonds is 7. The summed E-state index contributed by atoms with van der Waals surface area (Å²) in [6.45, 7) is 2.62. The van der Waals surface area contributed by atoms with Gasteiger partial charge in [0.15, 0.2) is 0 Å². The van der Waals surface area contributed by atoms with Gasteiger partial charge in [-0.3, -0.25) is 4.79 Å². The molecule has 0 bridgehead atoms. The summed E-state index contributed by atoms with van der Waals surface area (Å²) >= 11 is 0. The minimum Gasteiger partial charge on any atom is -0.495 e. The summed E-state index contributed by atoms with van der Waals surface area (Å²) < 4.78 is 33.7. The number of hydrogen-bond acceptors (Lipinski definition) is 5. The molecule has 2 aromatic carbocycles. The lowest BCUT2D eigenvalue weighted by Gasteiger charge is -2.11. The Morgan fingerprint density at radius 2 is 1.90 bits per heavy atom. The van der Waals surface area contributed by atoms with E-state index in [-0.39, 0.29) is 16.2 Å². The third kappa shape index (κ3) is 4.64. The maximum Gasteiger partial charge on any atom is 0.255 e. The van der Waals surface area contributed by atoms with Crippen LogP contribution in [0.5, 0.6) is 5.75 Å². The van der Waals surface area contributed by atoms with Gasteiger partial charge in [-0.2, -0.15) is 0 Å². The first kappa shape index (κ1) is 20.6. The molecule has 0 radical (unpaired) electrons. The van der Waals surface area contributed by atoms with Crippen molar-refractivity contribution in [1.82, 2.24) is 14.3 Å². The number of benzene rings is 2. The number of carbonyl (C=O) groups excluding carboxylic acids is 1. The van der Waals surface area contributed by atoms with Gasteiger partial charge in [-0.15, -0.1) is 0 Å². The highest BCUT2D eigenvalue weighted by Gasteiger charge is 2.20. The smallest absolute Gasteiger partial charge is 0.255 e. The summed E-state index contributed by atoms with van der Waals surface area (Å²) in [6, 6.07) is 11.7. The summed E-state index contributed by atoms with van der Waals surface area (Å²) in [7, 11) is -1.09. The number of hydrogen-bond donors (Lipinski definition) is 2. The maximum absolute atomic E-state index is 12.6. The molecule has 0 saturated carbocycles. The van der Waals surface area contributed by atoms with Crippen molar-refractivity contribution in [2.45, 2.75) is 18.4 Å². The van der Waals surface area contributed by atoms with Crippen LogP contribution in [-0.2, 0) is 16.6 Å². The van der Waals surface area contributed by atoms with Gasteiger partial charge in [0, 0.05) is 30.2 Å². The van der Waals surface area contributed by atoms with E-state index in [1.54, 1.807) is 18.3 Å². The lowest BCUT2D eigenvalue weighted by molar-refractivity contribution is 0.102. The fourth-order valence-corrected chi connectivity index (χ4v) is 3.72. The predicted octanol–water partition coefficient (Wildman–Crippen LogP) is 2.41. The highest BCUT2D eigenvalue weighted by atomic mass is 32.2. The second-order valence-corrected chi connectivity index (χ2v) is 8.18. The topological polar surface area (TPSA) is 102 Å². The molecule has 0 aliphatic heterocycles. The molecule has 152 valence electrons. The Hall–Kier alpha value is -3.17. The summed E-state index contributed by atoms with van der Waals surface area (Å²) in [4.78, 5) is 16.7. The molecular formula is C20H22N4O4S. The van der Waals surface area contributed by atoms with E-state index < -0.39 is 15.9 Å². The van der Waals surface area contributed by atoms with Crippen molar-refractivity contribution in [1.29, 1.82) is 0 Å². The van der Waals surface area contributed by atoms with E-state index in [9.17, 15) is 13.2 Å². The summed E-state index contributed by atoms with van der Waals surface area (Å²) in [6.07, 6.45) is 3.66. The van der Waals surface area contributed by atoms with Crippen molar-refractivity contribution < 1.29 is 17.9 Å². The van der Waals surface area contributed by atoms with Crippen molar-refractivity contribution in [2.24, 2.45) is 0 Å². The first-order valence-corrected chi connectivity index (χ1v) is 10.3. The summed E-state index contributed by atoms with van der Waals surface area (Å²) in [5.41, 5.74) is 1.88. The molecular weight excluding hydrogens is 392 g/mol. The lowest BCUT2D eigenvalue weighted by atomic mass is 10.1. The molecule has 0 saturated heterocycles. The number of aryl methyl sites for hydroxylation is 1. The van der Waals surface area contributed by atoms with Crippen LogP contribution < -0.4 is 14.8 Å². The highest BCUT2D eigenvalue weighted by Crippen LogP contribution is 2.25. The first-order valence-electron chi connectivity index (χ1n) is 8.83. The van der Waals surface area contributed by atoms with Crippen LogP contribution in [0.3, 0.4) is 0 Å². The molecule has 1 heterocycles. The molecule has 0 fully saturated rings. The predicted molar refractivity (Wildman–Crippen MR) is 110 cm³/mol. The van der Waals surface area contributed by atoms with Crippen molar-refractivity contribution in [3.05, 3.63) is 71.8 Å². The molecule has 0 aliphatic rings. The van der Waals surface area contributed by atoms with E-state index in [0.29, 0.717) is 12.2 Å². The van der Waals surface area contributed by atoms with Gasteiger partial charge in [-0.1, -0.05) is 12.1 Å². The van der Waals surface area contributed by atoms with Crippen LogP contribution in [-0.4, -0.2) is 38.0 Å². The van der Waals surface area contributed by atoms with Crippen LogP contribution in [0.1, 0.15) is 21.7 Å². The van der Waals surface area contributed by atoms with Crippen LogP contribution in [0, 0.1) is 6.92 Å². The number of imidazole rings is 1. The van der Waals surface area contributed by atoms with Crippen molar-refractivity contribution in [3.63, 3.8) is 0 Å². The van der Waals surface area contributed by atoms with Gasteiger partial charge in [0.1, 0.15) is 16.5 Å². The molecule has 0 spiro atoms. The van der Waals surface area contributed by atoms with Crippen LogP contribution >= 0.6 is 0 Å². The number of amides is 1. The second kappa shape index (κ2) is 8.46. The molecule has 29 heavy (non-hydrogen) atoms. The molecule has 3 rings (SSSR count). The lowest BCUT2D eigenvalue weighted by Crippen LogP contribution is -2.20. The summed E-state index contributed by atoms with van der Waals surface area (Å²) in [5.74, 6) is 0.669. The number of carbonyl (C=O) groups is 1. The largest absolute Gasteiger partial charge is 0.495 e. The molecule has 0 atom stereocenters. The Balaban J connectivity index is 1.76. The second-order valence-electron chi connectivity index (χ2n) is 6.33. The third-order valence-corrected chi connectivity index (χ3v) is 5.91. The van der Waals surface area contributed by atoms with Crippen LogP contribution in [0.2, 0.25) is 0 Å². The number of sulfonamides is 1. The van der Waals surface area contributed by atoms with Crippen LogP contribution in [0.25, 0.3) is 0 Å². The molecule has 8 nitrogen and oxygen atoms in total. The molecule has 9 heteroatoms. The van der Waals surface area contributed by atoms with Gasteiger partial charge in [0.05, 0.1) is 7.11 Å². The fourth-order valence-electron chi connectivity index (χ4n) is 2.80.